The van der Waals surface area contributed by atoms with Crippen molar-refractivity contribution < 1.29 is 9.26 Å². The maximum atomic E-state index is 5.86. The summed E-state index contributed by atoms with van der Waals surface area (Å²) in [5.41, 5.74) is 6.33. The molecule has 96 valence electrons. The lowest BCUT2D eigenvalue weighted by Gasteiger charge is -2.17. The molecule has 0 bridgehead atoms. The molecule has 0 atom stereocenters. The Kier molecular flexibility index (Phi) is 3.28. The lowest BCUT2D eigenvalue weighted by atomic mass is 10.1. The molecule has 0 saturated heterocycles. The van der Waals surface area contributed by atoms with Gasteiger partial charge < -0.3 is 15.0 Å². The Balaban J connectivity index is 2.38. The van der Waals surface area contributed by atoms with Gasteiger partial charge in [0.1, 0.15) is 5.60 Å². The first-order valence-corrected chi connectivity index (χ1v) is 5.76. The maximum absolute atomic E-state index is 5.86. The average molecular weight is 268 g/mol. The molecule has 1 heterocycles. The fourth-order valence-electron chi connectivity index (χ4n) is 1.35. The van der Waals surface area contributed by atoms with Crippen molar-refractivity contribution in [3.05, 3.63) is 29.0 Å². The van der Waals surface area contributed by atoms with E-state index in [1.165, 1.54) is 0 Å². The second kappa shape index (κ2) is 4.59. The van der Waals surface area contributed by atoms with E-state index in [1.807, 2.05) is 13.8 Å². The second-order valence-electron chi connectivity index (χ2n) is 4.37. The fourth-order valence-corrected chi connectivity index (χ4v) is 1.47. The lowest BCUT2D eigenvalue weighted by Crippen LogP contribution is -2.21. The van der Waals surface area contributed by atoms with Crippen molar-refractivity contribution in [2.24, 2.45) is 0 Å². The first-order chi connectivity index (χ1) is 8.44. The molecule has 2 N–H and O–H groups in total. The topological polar surface area (TPSA) is 74.2 Å². The van der Waals surface area contributed by atoms with Gasteiger partial charge in [-0.1, -0.05) is 16.8 Å². The van der Waals surface area contributed by atoms with Crippen molar-refractivity contribution in [2.45, 2.75) is 19.4 Å². The molecule has 5 nitrogen and oxygen atoms in total. The van der Waals surface area contributed by atoms with Crippen LogP contribution in [0.1, 0.15) is 19.7 Å². The summed E-state index contributed by atoms with van der Waals surface area (Å²) >= 11 is 5.86. The van der Waals surface area contributed by atoms with Crippen LogP contribution in [0.4, 0.5) is 5.69 Å². The van der Waals surface area contributed by atoms with Gasteiger partial charge in [-0.2, -0.15) is 4.98 Å². The van der Waals surface area contributed by atoms with Crippen LogP contribution in [0.15, 0.2) is 22.7 Å². The van der Waals surface area contributed by atoms with Crippen molar-refractivity contribution in [3.63, 3.8) is 0 Å². The summed E-state index contributed by atoms with van der Waals surface area (Å²) in [6, 6.07) is 5.16. The van der Waals surface area contributed by atoms with Gasteiger partial charge in [-0.3, -0.25) is 0 Å². The zero-order chi connectivity index (χ0) is 13.3. The molecule has 0 aliphatic heterocycles. The summed E-state index contributed by atoms with van der Waals surface area (Å²) in [6.07, 6.45) is 0. The monoisotopic (exact) mass is 267 g/mol. The van der Waals surface area contributed by atoms with E-state index in [-0.39, 0.29) is 0 Å². The van der Waals surface area contributed by atoms with Crippen LogP contribution in [0.2, 0.25) is 5.02 Å². The summed E-state index contributed by atoms with van der Waals surface area (Å²) < 4.78 is 10.5. The number of aromatic nitrogens is 2. The minimum atomic E-state index is -0.597. The number of hydrogen-bond acceptors (Lipinski definition) is 5. The van der Waals surface area contributed by atoms with Crippen molar-refractivity contribution in [1.29, 1.82) is 0 Å². The van der Waals surface area contributed by atoms with Gasteiger partial charge in [0, 0.05) is 12.7 Å². The lowest BCUT2D eigenvalue weighted by molar-refractivity contribution is 0.00973. The molecule has 2 aromatic rings. The largest absolute Gasteiger partial charge is 0.398 e. The molecule has 1 aromatic carbocycles. The number of nitrogens with zero attached hydrogens (tertiary/aromatic N) is 2. The van der Waals surface area contributed by atoms with Gasteiger partial charge in [-0.05, 0) is 32.0 Å². The number of halogens is 1. The smallest absolute Gasteiger partial charge is 0.258 e. The molecule has 0 aliphatic rings. The van der Waals surface area contributed by atoms with Gasteiger partial charge in [0.25, 0.3) is 5.89 Å². The van der Waals surface area contributed by atoms with E-state index < -0.39 is 5.60 Å². The van der Waals surface area contributed by atoms with Crippen LogP contribution in [0.5, 0.6) is 0 Å². The first-order valence-electron chi connectivity index (χ1n) is 5.39. The third-order valence-corrected chi connectivity index (χ3v) is 3.06. The van der Waals surface area contributed by atoms with Crippen molar-refractivity contribution >= 4 is 17.3 Å². The molecular weight excluding hydrogens is 254 g/mol. The second-order valence-corrected chi connectivity index (χ2v) is 4.78. The number of anilines is 1. The molecule has 0 aliphatic carbocycles. The zero-order valence-corrected chi connectivity index (χ0v) is 11.2. The Morgan fingerprint density at radius 2 is 2.11 bits per heavy atom. The molecule has 6 heteroatoms. The zero-order valence-electron chi connectivity index (χ0n) is 10.4. The number of rotatable bonds is 3. The molecular formula is C12H14ClN3O2. The average Bonchev–Trinajstić information content (AvgIpc) is 2.83. The highest BCUT2D eigenvalue weighted by atomic mass is 35.5. The number of nitrogen functional groups attached to an aromatic ring is 1. The molecule has 1 aromatic heterocycles. The summed E-state index contributed by atoms with van der Waals surface area (Å²) in [4.78, 5) is 4.29. The minimum absolute atomic E-state index is 0.387. The molecule has 18 heavy (non-hydrogen) atoms. The summed E-state index contributed by atoms with van der Waals surface area (Å²) in [5, 5.41) is 4.40. The van der Waals surface area contributed by atoms with Gasteiger partial charge in [0.05, 0.1) is 10.7 Å². The SMILES string of the molecule is COC(C)(C)c1noc(-c2ccc(Cl)c(N)c2)n1. The molecule has 0 fully saturated rings. The Bertz CT molecular complexity index is 566. The van der Waals surface area contributed by atoms with Gasteiger partial charge in [0.2, 0.25) is 5.82 Å². The highest BCUT2D eigenvalue weighted by Gasteiger charge is 2.26. The van der Waals surface area contributed by atoms with Gasteiger partial charge in [-0.25, -0.2) is 0 Å². The third-order valence-electron chi connectivity index (χ3n) is 2.72. The van der Waals surface area contributed by atoms with Crippen molar-refractivity contribution in [3.8, 4) is 11.5 Å². The molecule has 0 unspecified atom stereocenters. The van der Waals surface area contributed by atoms with Crippen LogP contribution >= 0.6 is 11.6 Å². The van der Waals surface area contributed by atoms with Crippen molar-refractivity contribution in [1.82, 2.24) is 10.1 Å². The van der Waals surface area contributed by atoms with Gasteiger partial charge in [0.15, 0.2) is 0 Å². The Labute approximate surface area is 110 Å². The summed E-state index contributed by atoms with van der Waals surface area (Å²) in [7, 11) is 1.59. The van der Waals surface area contributed by atoms with E-state index in [4.69, 9.17) is 26.6 Å². The van der Waals surface area contributed by atoms with Crippen LogP contribution in [-0.2, 0) is 10.3 Å². The highest BCUT2D eigenvalue weighted by molar-refractivity contribution is 6.33. The standard InChI is InChI=1S/C12H14ClN3O2/c1-12(2,17-3)11-15-10(18-16-11)7-4-5-8(13)9(14)6-7/h4-6H,14H2,1-3H3. The number of ether oxygens (including phenoxy) is 1. The highest BCUT2D eigenvalue weighted by Crippen LogP contribution is 2.28. The van der Waals surface area contributed by atoms with Crippen LogP contribution in [0.25, 0.3) is 11.5 Å². The predicted molar refractivity (Wildman–Crippen MR) is 69.2 cm³/mol. The predicted octanol–water partition coefficient (Wildman–Crippen LogP) is 2.85. The minimum Gasteiger partial charge on any atom is -0.398 e. The first kappa shape index (κ1) is 12.9. The number of hydrogen-bond donors (Lipinski definition) is 1. The molecule has 0 radical (unpaired) electrons. The quantitative estimate of drug-likeness (QED) is 0.866. The number of benzene rings is 1. The van der Waals surface area contributed by atoms with E-state index in [9.17, 15) is 0 Å². The Hall–Kier alpha value is -1.59. The van der Waals surface area contributed by atoms with E-state index in [1.54, 1.807) is 25.3 Å². The van der Waals surface area contributed by atoms with E-state index in [0.29, 0.717) is 22.4 Å². The van der Waals surface area contributed by atoms with Crippen LogP contribution in [-0.4, -0.2) is 17.3 Å². The van der Waals surface area contributed by atoms with Gasteiger partial charge in [-0.15, -0.1) is 0 Å². The van der Waals surface area contributed by atoms with Crippen molar-refractivity contribution in [2.75, 3.05) is 12.8 Å². The molecule has 0 saturated carbocycles. The molecule has 0 amide bonds. The normalized spacial score (nSPS) is 11.8. The van der Waals surface area contributed by atoms with Gasteiger partial charge >= 0.3 is 0 Å². The van der Waals surface area contributed by atoms with E-state index >= 15 is 0 Å². The van der Waals surface area contributed by atoms with Crippen LogP contribution in [0.3, 0.4) is 0 Å². The van der Waals surface area contributed by atoms with E-state index in [0.717, 1.165) is 5.56 Å². The third kappa shape index (κ3) is 2.32. The van der Waals surface area contributed by atoms with Crippen LogP contribution in [0, 0.1) is 0 Å². The molecule has 2 rings (SSSR count). The summed E-state index contributed by atoms with van der Waals surface area (Å²) in [6.45, 7) is 3.72. The Morgan fingerprint density at radius 1 is 1.39 bits per heavy atom. The Morgan fingerprint density at radius 3 is 2.72 bits per heavy atom. The number of nitrogens with two attached hydrogens (primary N) is 1. The van der Waals surface area contributed by atoms with Crippen LogP contribution < -0.4 is 5.73 Å². The summed E-state index contributed by atoms with van der Waals surface area (Å²) in [5.74, 6) is 0.868. The van der Waals surface area contributed by atoms with E-state index in [2.05, 4.69) is 10.1 Å². The maximum Gasteiger partial charge on any atom is 0.258 e. The fraction of sp³-hybridized carbons (Fsp3) is 0.333. The number of methoxy groups -OCH3 is 1. The molecule has 0 spiro atoms.